The van der Waals surface area contributed by atoms with Gasteiger partial charge in [-0.25, -0.2) is 0 Å². The summed E-state index contributed by atoms with van der Waals surface area (Å²) in [6, 6.07) is 18.3. The first kappa shape index (κ1) is 22.5. The van der Waals surface area contributed by atoms with Crippen LogP contribution in [-0.2, 0) is 29.1 Å². The largest absolute Gasteiger partial charge is 0.340 e. The number of nitrogens with zero attached hydrogens (tertiary/aromatic N) is 3. The Balaban J connectivity index is 1.46. The summed E-state index contributed by atoms with van der Waals surface area (Å²) in [7, 11) is 0. The van der Waals surface area contributed by atoms with Crippen LogP contribution in [0.15, 0.2) is 54.6 Å². The monoisotopic (exact) mass is 433 g/mol. The molecule has 4 rings (SSSR count). The minimum atomic E-state index is -0.392. The Morgan fingerprint density at radius 3 is 2.38 bits per heavy atom. The molecule has 1 fully saturated rings. The molecule has 1 atom stereocenters. The molecular formula is C27H35N3O2. The lowest BCUT2D eigenvalue weighted by atomic mass is 9.92. The number of fused-ring (bicyclic) bond motifs is 1. The van der Waals surface area contributed by atoms with Crippen molar-refractivity contribution in [2.45, 2.75) is 52.2 Å². The van der Waals surface area contributed by atoms with Gasteiger partial charge in [-0.15, -0.1) is 0 Å². The Kier molecular flexibility index (Phi) is 7.26. The zero-order chi connectivity index (χ0) is 22.5. The molecule has 2 amide bonds. The fraction of sp³-hybridized carbons (Fsp3) is 0.481. The van der Waals surface area contributed by atoms with Gasteiger partial charge >= 0.3 is 0 Å². The van der Waals surface area contributed by atoms with Crippen LogP contribution < -0.4 is 0 Å². The molecule has 2 aromatic rings. The molecule has 32 heavy (non-hydrogen) atoms. The minimum Gasteiger partial charge on any atom is -0.340 e. The van der Waals surface area contributed by atoms with E-state index in [9.17, 15) is 9.59 Å². The second kappa shape index (κ2) is 10.3. The van der Waals surface area contributed by atoms with Gasteiger partial charge < -0.3 is 9.80 Å². The van der Waals surface area contributed by atoms with Crippen LogP contribution in [0.2, 0.25) is 0 Å². The van der Waals surface area contributed by atoms with E-state index < -0.39 is 6.04 Å². The SMILES string of the molecule is CC(C)CC(=O)N1Cc2ccccc2CC1C(=O)N1CCCN(Cc2ccccc2)CC1. The molecule has 1 saturated heterocycles. The minimum absolute atomic E-state index is 0.0911. The molecule has 2 aromatic carbocycles. The van der Waals surface area contributed by atoms with Crippen molar-refractivity contribution in [3.8, 4) is 0 Å². The van der Waals surface area contributed by atoms with Gasteiger partial charge in [0.1, 0.15) is 6.04 Å². The topological polar surface area (TPSA) is 43.9 Å². The molecular weight excluding hydrogens is 398 g/mol. The lowest BCUT2D eigenvalue weighted by Crippen LogP contribution is -2.54. The van der Waals surface area contributed by atoms with Crippen molar-refractivity contribution in [1.82, 2.24) is 14.7 Å². The first-order valence-corrected chi connectivity index (χ1v) is 11.9. The van der Waals surface area contributed by atoms with Gasteiger partial charge in [-0.1, -0.05) is 68.4 Å². The van der Waals surface area contributed by atoms with Crippen LogP contribution in [0.4, 0.5) is 0 Å². The lowest BCUT2D eigenvalue weighted by molar-refractivity contribution is -0.147. The molecule has 0 radical (unpaired) electrons. The Bertz CT molecular complexity index is 928. The fourth-order valence-corrected chi connectivity index (χ4v) is 4.87. The number of rotatable bonds is 5. The molecule has 2 heterocycles. The fourth-order valence-electron chi connectivity index (χ4n) is 4.87. The van der Waals surface area contributed by atoms with E-state index >= 15 is 0 Å². The highest BCUT2D eigenvalue weighted by atomic mass is 16.2. The van der Waals surface area contributed by atoms with E-state index in [1.54, 1.807) is 0 Å². The Labute approximate surface area is 192 Å². The van der Waals surface area contributed by atoms with Gasteiger partial charge in [-0.05, 0) is 29.0 Å². The van der Waals surface area contributed by atoms with Crippen LogP contribution in [-0.4, -0.2) is 58.7 Å². The van der Waals surface area contributed by atoms with Crippen LogP contribution >= 0.6 is 0 Å². The van der Waals surface area contributed by atoms with Crippen molar-refractivity contribution in [3.63, 3.8) is 0 Å². The molecule has 0 N–H and O–H groups in total. The Hall–Kier alpha value is -2.66. The van der Waals surface area contributed by atoms with Crippen molar-refractivity contribution >= 4 is 11.8 Å². The van der Waals surface area contributed by atoms with E-state index in [0.29, 0.717) is 19.4 Å². The van der Waals surface area contributed by atoms with E-state index in [2.05, 4.69) is 55.1 Å². The highest BCUT2D eigenvalue weighted by Crippen LogP contribution is 2.26. The van der Waals surface area contributed by atoms with E-state index in [4.69, 9.17) is 0 Å². The maximum atomic E-state index is 13.7. The third kappa shape index (κ3) is 5.39. The average Bonchev–Trinajstić information content (AvgIpc) is 3.03. The third-order valence-corrected chi connectivity index (χ3v) is 6.59. The first-order chi connectivity index (χ1) is 15.5. The maximum absolute atomic E-state index is 13.7. The summed E-state index contributed by atoms with van der Waals surface area (Å²) in [4.78, 5) is 33.1. The van der Waals surface area contributed by atoms with Crippen LogP contribution in [0.25, 0.3) is 0 Å². The second-order valence-electron chi connectivity index (χ2n) is 9.55. The summed E-state index contributed by atoms with van der Waals surface area (Å²) in [6.07, 6.45) is 2.06. The highest BCUT2D eigenvalue weighted by molar-refractivity contribution is 5.88. The lowest BCUT2D eigenvalue weighted by Gasteiger charge is -2.39. The molecule has 5 nitrogen and oxygen atoms in total. The molecule has 0 spiro atoms. The van der Waals surface area contributed by atoms with Crippen LogP contribution in [0.5, 0.6) is 0 Å². The van der Waals surface area contributed by atoms with Gasteiger partial charge in [0.2, 0.25) is 11.8 Å². The van der Waals surface area contributed by atoms with Gasteiger partial charge in [0.25, 0.3) is 0 Å². The van der Waals surface area contributed by atoms with Gasteiger partial charge in [0, 0.05) is 52.1 Å². The Morgan fingerprint density at radius 2 is 1.62 bits per heavy atom. The van der Waals surface area contributed by atoms with E-state index in [0.717, 1.165) is 39.1 Å². The molecule has 0 aromatic heterocycles. The molecule has 2 aliphatic rings. The predicted octanol–water partition coefficient (Wildman–Crippen LogP) is 3.72. The summed E-state index contributed by atoms with van der Waals surface area (Å²) in [5, 5.41) is 0. The van der Waals surface area contributed by atoms with Crippen molar-refractivity contribution in [2.75, 3.05) is 26.2 Å². The summed E-state index contributed by atoms with van der Waals surface area (Å²) in [5.74, 6) is 0.478. The molecule has 170 valence electrons. The van der Waals surface area contributed by atoms with Gasteiger partial charge in [0.05, 0.1) is 0 Å². The van der Waals surface area contributed by atoms with E-state index in [1.165, 1.54) is 16.7 Å². The van der Waals surface area contributed by atoms with E-state index in [1.807, 2.05) is 28.0 Å². The number of hydrogen-bond acceptors (Lipinski definition) is 3. The molecule has 5 heteroatoms. The van der Waals surface area contributed by atoms with Crippen molar-refractivity contribution in [1.29, 1.82) is 0 Å². The average molecular weight is 434 g/mol. The summed E-state index contributed by atoms with van der Waals surface area (Å²) >= 11 is 0. The number of carbonyl (C=O) groups excluding carboxylic acids is 2. The zero-order valence-electron chi connectivity index (χ0n) is 19.4. The van der Waals surface area contributed by atoms with Gasteiger partial charge in [0.15, 0.2) is 0 Å². The predicted molar refractivity (Wildman–Crippen MR) is 127 cm³/mol. The van der Waals surface area contributed by atoms with Crippen molar-refractivity contribution in [3.05, 3.63) is 71.3 Å². The standard InChI is InChI=1S/C27H35N3O2/c1-21(2)17-26(31)30-20-24-12-7-6-11-23(24)18-25(30)27(32)29-14-8-13-28(15-16-29)19-22-9-4-3-5-10-22/h3-7,9-12,21,25H,8,13-20H2,1-2H3. The van der Waals surface area contributed by atoms with Crippen molar-refractivity contribution < 1.29 is 9.59 Å². The molecule has 0 aliphatic carbocycles. The Morgan fingerprint density at radius 1 is 0.906 bits per heavy atom. The summed E-state index contributed by atoms with van der Waals surface area (Å²) < 4.78 is 0. The van der Waals surface area contributed by atoms with Gasteiger partial charge in [-0.2, -0.15) is 0 Å². The third-order valence-electron chi connectivity index (χ3n) is 6.59. The van der Waals surface area contributed by atoms with Crippen molar-refractivity contribution in [2.24, 2.45) is 5.92 Å². The molecule has 0 saturated carbocycles. The second-order valence-corrected chi connectivity index (χ2v) is 9.55. The van der Waals surface area contributed by atoms with Gasteiger partial charge in [-0.3, -0.25) is 14.5 Å². The number of hydrogen-bond donors (Lipinski definition) is 0. The highest BCUT2D eigenvalue weighted by Gasteiger charge is 2.37. The smallest absolute Gasteiger partial charge is 0.245 e. The number of benzene rings is 2. The van der Waals surface area contributed by atoms with Crippen LogP contribution in [0, 0.1) is 5.92 Å². The molecule has 2 aliphatic heterocycles. The normalized spacial score (nSPS) is 19.5. The quantitative estimate of drug-likeness (QED) is 0.722. The van der Waals surface area contributed by atoms with E-state index in [-0.39, 0.29) is 17.7 Å². The summed E-state index contributed by atoms with van der Waals surface area (Å²) in [5.41, 5.74) is 3.67. The number of carbonyl (C=O) groups is 2. The van der Waals surface area contributed by atoms with Crippen LogP contribution in [0.3, 0.4) is 0 Å². The number of amides is 2. The maximum Gasteiger partial charge on any atom is 0.245 e. The van der Waals surface area contributed by atoms with Crippen LogP contribution in [0.1, 0.15) is 43.4 Å². The molecule has 0 bridgehead atoms. The molecule has 1 unspecified atom stereocenters. The first-order valence-electron chi connectivity index (χ1n) is 11.9. The zero-order valence-corrected chi connectivity index (χ0v) is 19.4. The summed E-state index contributed by atoms with van der Waals surface area (Å²) in [6.45, 7) is 8.90.